The molecule has 1 N–H and O–H groups in total. The first-order chi connectivity index (χ1) is 14.5. The molecule has 0 radical (unpaired) electrons. The first kappa shape index (κ1) is 22.3. The average Bonchev–Trinajstić information content (AvgIpc) is 3.05. The second-order valence-corrected chi connectivity index (χ2v) is 6.97. The number of carbonyl (C=O) groups excluding carboxylic acids is 2. The van der Waals surface area contributed by atoms with Crippen LogP contribution in [0, 0.1) is 13.8 Å². The molecule has 7 nitrogen and oxygen atoms in total. The Morgan fingerprint density at radius 3 is 2.48 bits per heavy atom. The number of anilines is 1. The Balaban J connectivity index is 1.59. The van der Waals surface area contributed by atoms with E-state index in [0.29, 0.717) is 11.9 Å². The summed E-state index contributed by atoms with van der Waals surface area (Å²) in [4.78, 5) is 28.2. The lowest BCUT2D eigenvalue weighted by atomic mass is 10.2. The molecule has 1 amide bonds. The SMILES string of the molecule is Cc1cc(C)n(-c2ccc(C(=O)OCC(=O)Nc3ccc(Cl)c(C(F)(F)F)c3)cn2)n1. The summed E-state index contributed by atoms with van der Waals surface area (Å²) in [7, 11) is 0. The molecule has 0 saturated carbocycles. The van der Waals surface area contributed by atoms with E-state index in [1.54, 1.807) is 10.7 Å². The third-order valence-electron chi connectivity index (χ3n) is 4.10. The predicted octanol–water partition coefficient (Wildman–Crippen LogP) is 4.35. The van der Waals surface area contributed by atoms with Crippen LogP contribution in [-0.2, 0) is 15.7 Å². The zero-order chi connectivity index (χ0) is 22.8. The minimum absolute atomic E-state index is 0.101. The van der Waals surface area contributed by atoms with Crippen molar-refractivity contribution < 1.29 is 27.5 Å². The van der Waals surface area contributed by atoms with Crippen molar-refractivity contribution in [2.45, 2.75) is 20.0 Å². The smallest absolute Gasteiger partial charge is 0.417 e. The second kappa shape index (κ2) is 8.76. The summed E-state index contributed by atoms with van der Waals surface area (Å²) in [6.45, 7) is 3.01. The molecule has 0 fully saturated rings. The number of benzene rings is 1. The van der Waals surface area contributed by atoms with Gasteiger partial charge in [-0.25, -0.2) is 14.5 Å². The fourth-order valence-corrected chi connectivity index (χ4v) is 2.95. The van der Waals surface area contributed by atoms with Gasteiger partial charge < -0.3 is 10.1 Å². The molecule has 0 aliphatic rings. The lowest BCUT2D eigenvalue weighted by Gasteiger charge is -2.12. The molecule has 0 aliphatic heterocycles. The first-order valence-corrected chi connectivity index (χ1v) is 9.26. The van der Waals surface area contributed by atoms with Crippen LogP contribution in [0.3, 0.4) is 0 Å². The Kier molecular flexibility index (Phi) is 6.30. The van der Waals surface area contributed by atoms with Gasteiger partial charge >= 0.3 is 12.1 Å². The fraction of sp³-hybridized carbons (Fsp3) is 0.200. The van der Waals surface area contributed by atoms with E-state index in [4.69, 9.17) is 16.3 Å². The van der Waals surface area contributed by atoms with Crippen molar-refractivity contribution in [1.82, 2.24) is 14.8 Å². The molecule has 2 heterocycles. The Bertz CT molecular complexity index is 1130. The molecular weight excluding hydrogens is 437 g/mol. The third-order valence-corrected chi connectivity index (χ3v) is 4.43. The Hall–Kier alpha value is -3.40. The highest BCUT2D eigenvalue weighted by Crippen LogP contribution is 2.36. The standard InChI is InChI=1S/C20H16ClF3N4O3/c1-11-7-12(2)28(27-11)17-6-3-13(9-25-17)19(30)31-10-18(29)26-14-4-5-16(21)15(8-14)20(22,23)24/h3-9H,10H2,1-2H3,(H,26,29). The Morgan fingerprint density at radius 1 is 1.16 bits per heavy atom. The van der Waals surface area contributed by atoms with Crippen molar-refractivity contribution in [3.63, 3.8) is 0 Å². The van der Waals surface area contributed by atoms with Crippen molar-refractivity contribution in [3.8, 4) is 5.82 Å². The molecule has 3 aromatic rings. The van der Waals surface area contributed by atoms with E-state index < -0.39 is 35.2 Å². The maximum Gasteiger partial charge on any atom is 0.417 e. The largest absolute Gasteiger partial charge is 0.452 e. The van der Waals surface area contributed by atoms with Crippen LogP contribution in [0.4, 0.5) is 18.9 Å². The zero-order valence-corrected chi connectivity index (χ0v) is 17.1. The summed E-state index contributed by atoms with van der Waals surface area (Å²) in [6.07, 6.45) is -3.39. The van der Waals surface area contributed by atoms with E-state index in [9.17, 15) is 22.8 Å². The normalized spacial score (nSPS) is 11.3. The Labute approximate surface area is 179 Å². The van der Waals surface area contributed by atoms with Crippen molar-refractivity contribution >= 4 is 29.2 Å². The molecule has 11 heteroatoms. The molecule has 2 aromatic heterocycles. The average molecular weight is 453 g/mol. The van der Waals surface area contributed by atoms with Gasteiger partial charge in [0.05, 0.1) is 21.8 Å². The number of nitrogens with one attached hydrogen (secondary N) is 1. The zero-order valence-electron chi connectivity index (χ0n) is 16.3. The fourth-order valence-electron chi connectivity index (χ4n) is 2.72. The molecule has 1 aromatic carbocycles. The number of alkyl halides is 3. The number of carbonyl (C=O) groups is 2. The molecule has 0 atom stereocenters. The van der Waals surface area contributed by atoms with Crippen molar-refractivity contribution in [2.24, 2.45) is 0 Å². The number of hydrogen-bond acceptors (Lipinski definition) is 5. The summed E-state index contributed by atoms with van der Waals surface area (Å²) in [6, 6.07) is 7.84. The molecule has 0 bridgehead atoms. The minimum Gasteiger partial charge on any atom is -0.452 e. The van der Waals surface area contributed by atoms with Gasteiger partial charge in [-0.3, -0.25) is 4.79 Å². The number of rotatable bonds is 5. The number of pyridine rings is 1. The van der Waals surface area contributed by atoms with E-state index in [0.717, 1.165) is 17.5 Å². The van der Waals surface area contributed by atoms with Crippen LogP contribution in [0.5, 0.6) is 0 Å². The van der Waals surface area contributed by atoms with Gasteiger partial charge in [-0.05, 0) is 50.2 Å². The summed E-state index contributed by atoms with van der Waals surface area (Å²) >= 11 is 5.53. The van der Waals surface area contributed by atoms with Gasteiger partial charge in [0.15, 0.2) is 12.4 Å². The van der Waals surface area contributed by atoms with Gasteiger partial charge in [0.1, 0.15) is 0 Å². The van der Waals surface area contributed by atoms with Crippen LogP contribution in [0.25, 0.3) is 5.82 Å². The van der Waals surface area contributed by atoms with Gasteiger partial charge in [-0.15, -0.1) is 0 Å². The van der Waals surface area contributed by atoms with Gasteiger partial charge in [-0.2, -0.15) is 18.3 Å². The maximum absolute atomic E-state index is 12.9. The summed E-state index contributed by atoms with van der Waals surface area (Å²) in [5.41, 5.74) is 0.570. The van der Waals surface area contributed by atoms with Crippen molar-refractivity contribution in [3.05, 3.63) is 70.1 Å². The lowest BCUT2D eigenvalue weighted by molar-refractivity contribution is -0.137. The number of esters is 1. The van der Waals surface area contributed by atoms with E-state index >= 15 is 0 Å². The maximum atomic E-state index is 12.9. The van der Waals surface area contributed by atoms with Crippen LogP contribution >= 0.6 is 11.6 Å². The first-order valence-electron chi connectivity index (χ1n) is 8.88. The molecule has 31 heavy (non-hydrogen) atoms. The molecule has 0 aliphatic carbocycles. The highest BCUT2D eigenvalue weighted by atomic mass is 35.5. The summed E-state index contributed by atoms with van der Waals surface area (Å²) in [5, 5.41) is 6.02. The van der Waals surface area contributed by atoms with Crippen LogP contribution < -0.4 is 5.32 Å². The van der Waals surface area contributed by atoms with Crippen LogP contribution in [0.2, 0.25) is 5.02 Å². The topological polar surface area (TPSA) is 86.1 Å². The molecular formula is C20H16ClF3N4O3. The summed E-state index contributed by atoms with van der Waals surface area (Å²) in [5.74, 6) is -1.12. The van der Waals surface area contributed by atoms with Crippen LogP contribution in [0.1, 0.15) is 27.3 Å². The number of hydrogen-bond donors (Lipinski definition) is 1. The van der Waals surface area contributed by atoms with Gasteiger partial charge in [0, 0.05) is 17.6 Å². The van der Waals surface area contributed by atoms with Crippen LogP contribution in [-0.4, -0.2) is 33.2 Å². The Morgan fingerprint density at radius 2 is 1.90 bits per heavy atom. The van der Waals surface area contributed by atoms with Gasteiger partial charge in [0.2, 0.25) is 0 Å². The minimum atomic E-state index is -4.67. The predicted molar refractivity (Wildman–Crippen MR) is 106 cm³/mol. The molecule has 3 rings (SSSR count). The van der Waals surface area contributed by atoms with Crippen LogP contribution in [0.15, 0.2) is 42.6 Å². The third kappa shape index (κ3) is 5.40. The van der Waals surface area contributed by atoms with E-state index in [2.05, 4.69) is 15.4 Å². The number of halogens is 4. The van der Waals surface area contributed by atoms with E-state index in [1.165, 1.54) is 18.3 Å². The van der Waals surface area contributed by atoms with Crippen molar-refractivity contribution in [1.29, 1.82) is 0 Å². The lowest BCUT2D eigenvalue weighted by Crippen LogP contribution is -2.21. The quantitative estimate of drug-likeness (QED) is 0.581. The monoisotopic (exact) mass is 452 g/mol. The van der Waals surface area contributed by atoms with Gasteiger partial charge in [0.25, 0.3) is 5.91 Å². The number of ether oxygens (including phenoxy) is 1. The highest BCUT2D eigenvalue weighted by molar-refractivity contribution is 6.31. The van der Waals surface area contributed by atoms with Crippen molar-refractivity contribution in [2.75, 3.05) is 11.9 Å². The highest BCUT2D eigenvalue weighted by Gasteiger charge is 2.33. The van der Waals surface area contributed by atoms with E-state index in [1.807, 2.05) is 19.9 Å². The number of nitrogens with zero attached hydrogens (tertiary/aromatic N) is 3. The number of aromatic nitrogens is 3. The molecule has 0 saturated heterocycles. The van der Waals surface area contributed by atoms with E-state index in [-0.39, 0.29) is 11.3 Å². The van der Waals surface area contributed by atoms with Gasteiger partial charge in [-0.1, -0.05) is 11.6 Å². The number of aryl methyl sites for hydroxylation is 2. The second-order valence-electron chi connectivity index (χ2n) is 6.56. The number of amides is 1. The molecule has 0 unspecified atom stereocenters. The summed E-state index contributed by atoms with van der Waals surface area (Å²) < 4.78 is 45.2. The molecule has 162 valence electrons. The molecule has 0 spiro atoms.